The first kappa shape index (κ1) is 19.4. The molecule has 0 spiro atoms. The Kier molecular flexibility index (Phi) is 5.85. The fraction of sp³-hybridized carbons (Fsp3) is 0.333. The summed E-state index contributed by atoms with van der Waals surface area (Å²) in [5.41, 5.74) is 1.65. The van der Waals surface area contributed by atoms with Gasteiger partial charge in [0.25, 0.3) is 0 Å². The molecular weight excluding hydrogens is 408 g/mol. The van der Waals surface area contributed by atoms with Gasteiger partial charge in [0.2, 0.25) is 11.8 Å². The maximum atomic E-state index is 13.4. The zero-order valence-corrected chi connectivity index (χ0v) is 17.1. The van der Waals surface area contributed by atoms with Gasteiger partial charge in [-0.2, -0.15) is 0 Å². The van der Waals surface area contributed by atoms with Crippen molar-refractivity contribution in [3.8, 4) is 5.75 Å². The van der Waals surface area contributed by atoms with Gasteiger partial charge < -0.3 is 15.4 Å². The Morgan fingerprint density at radius 1 is 1.04 bits per heavy atom. The van der Waals surface area contributed by atoms with Gasteiger partial charge >= 0.3 is 0 Å². The third-order valence-corrected chi connectivity index (χ3v) is 5.59. The highest BCUT2D eigenvalue weighted by Gasteiger charge is 2.42. The molecule has 2 N–H and O–H groups in total. The van der Waals surface area contributed by atoms with Crippen molar-refractivity contribution in [2.45, 2.75) is 38.0 Å². The minimum atomic E-state index is -0.546. The van der Waals surface area contributed by atoms with E-state index in [1.807, 2.05) is 24.3 Å². The first-order chi connectivity index (χ1) is 12.9. The molecule has 1 fully saturated rings. The van der Waals surface area contributed by atoms with Crippen LogP contribution in [0.25, 0.3) is 0 Å². The van der Waals surface area contributed by atoms with Gasteiger partial charge in [-0.25, -0.2) is 0 Å². The molecule has 0 atom stereocenters. The predicted molar refractivity (Wildman–Crippen MR) is 110 cm³/mol. The highest BCUT2D eigenvalue weighted by molar-refractivity contribution is 9.10. The van der Waals surface area contributed by atoms with Crippen LogP contribution >= 0.6 is 15.9 Å². The summed E-state index contributed by atoms with van der Waals surface area (Å²) >= 11 is 3.46. The number of carbonyl (C=O) groups is 2. The van der Waals surface area contributed by atoms with Crippen molar-refractivity contribution in [2.24, 2.45) is 0 Å². The van der Waals surface area contributed by atoms with Crippen LogP contribution in [0.4, 0.5) is 11.4 Å². The molecule has 1 aliphatic carbocycles. The number of rotatable bonds is 5. The van der Waals surface area contributed by atoms with Crippen LogP contribution in [0.2, 0.25) is 0 Å². The van der Waals surface area contributed by atoms with Crippen LogP contribution in [0.5, 0.6) is 5.75 Å². The number of hydrogen-bond donors (Lipinski definition) is 2. The summed E-state index contributed by atoms with van der Waals surface area (Å²) in [7, 11) is 1.56. The molecule has 142 valence electrons. The molecule has 27 heavy (non-hydrogen) atoms. The molecule has 0 aliphatic heterocycles. The summed E-state index contributed by atoms with van der Waals surface area (Å²) in [5, 5.41) is 5.78. The maximum Gasteiger partial charge on any atom is 0.235 e. The molecule has 5 nitrogen and oxygen atoms in total. The number of carbonyl (C=O) groups excluding carboxylic acids is 2. The highest BCUT2D eigenvalue weighted by atomic mass is 79.9. The minimum Gasteiger partial charge on any atom is -0.495 e. The zero-order chi connectivity index (χ0) is 19.4. The highest BCUT2D eigenvalue weighted by Crippen LogP contribution is 2.43. The van der Waals surface area contributed by atoms with Gasteiger partial charge in [0.1, 0.15) is 5.75 Å². The normalized spacial score (nSPS) is 15.2. The van der Waals surface area contributed by atoms with E-state index in [1.54, 1.807) is 25.3 Å². The third-order valence-electron chi connectivity index (χ3n) is 5.06. The second kappa shape index (κ2) is 8.13. The van der Waals surface area contributed by atoms with Crippen LogP contribution in [0.3, 0.4) is 0 Å². The third kappa shape index (κ3) is 4.16. The molecule has 1 saturated carbocycles. The molecule has 0 heterocycles. The summed E-state index contributed by atoms with van der Waals surface area (Å²) in [6.45, 7) is 1.45. The fourth-order valence-corrected chi connectivity index (χ4v) is 3.99. The molecule has 2 amide bonds. The predicted octanol–water partition coefficient (Wildman–Crippen LogP) is 4.87. The van der Waals surface area contributed by atoms with E-state index in [0.29, 0.717) is 17.1 Å². The molecule has 1 aliphatic rings. The van der Waals surface area contributed by atoms with Crippen molar-refractivity contribution in [1.82, 2.24) is 0 Å². The number of amides is 2. The number of nitrogens with one attached hydrogen (secondary N) is 2. The SMILES string of the molecule is COc1ccc(NC(C)=O)cc1NC(=O)C1(c2ccc(Br)cc2)CCCC1. The van der Waals surface area contributed by atoms with Crippen LogP contribution in [0.15, 0.2) is 46.9 Å². The van der Waals surface area contributed by atoms with Crippen LogP contribution < -0.4 is 15.4 Å². The molecule has 3 rings (SSSR count). The lowest BCUT2D eigenvalue weighted by Gasteiger charge is -2.29. The van der Waals surface area contributed by atoms with E-state index < -0.39 is 5.41 Å². The van der Waals surface area contributed by atoms with E-state index >= 15 is 0 Å². The van der Waals surface area contributed by atoms with E-state index in [1.165, 1.54) is 6.92 Å². The van der Waals surface area contributed by atoms with Crippen molar-refractivity contribution in [3.05, 3.63) is 52.5 Å². The monoisotopic (exact) mass is 430 g/mol. The summed E-state index contributed by atoms with van der Waals surface area (Å²) in [6.07, 6.45) is 3.67. The van der Waals surface area contributed by atoms with Crippen LogP contribution in [-0.2, 0) is 15.0 Å². The van der Waals surface area contributed by atoms with Crippen molar-refractivity contribution in [2.75, 3.05) is 17.7 Å². The van der Waals surface area contributed by atoms with Gasteiger partial charge in [0.05, 0.1) is 18.2 Å². The van der Waals surface area contributed by atoms with Crippen LogP contribution in [0, 0.1) is 0 Å². The van der Waals surface area contributed by atoms with Crippen molar-refractivity contribution in [3.63, 3.8) is 0 Å². The van der Waals surface area contributed by atoms with E-state index in [9.17, 15) is 9.59 Å². The second-order valence-electron chi connectivity index (χ2n) is 6.85. The van der Waals surface area contributed by atoms with Gasteiger partial charge in [0, 0.05) is 17.1 Å². The molecule has 0 bridgehead atoms. The zero-order valence-electron chi connectivity index (χ0n) is 15.5. The Morgan fingerprint density at radius 3 is 2.30 bits per heavy atom. The number of ether oxygens (including phenoxy) is 1. The number of hydrogen-bond acceptors (Lipinski definition) is 3. The van der Waals surface area contributed by atoms with Crippen molar-refractivity contribution >= 4 is 39.1 Å². The quantitative estimate of drug-likeness (QED) is 0.710. The minimum absolute atomic E-state index is 0.0411. The van der Waals surface area contributed by atoms with Crippen molar-refractivity contribution < 1.29 is 14.3 Å². The van der Waals surface area contributed by atoms with Crippen molar-refractivity contribution in [1.29, 1.82) is 0 Å². The molecule has 0 radical (unpaired) electrons. The Balaban J connectivity index is 1.92. The molecule has 0 aromatic heterocycles. The lowest BCUT2D eigenvalue weighted by atomic mass is 9.78. The Bertz CT molecular complexity index is 843. The lowest BCUT2D eigenvalue weighted by Crippen LogP contribution is -2.38. The topological polar surface area (TPSA) is 67.4 Å². The maximum absolute atomic E-state index is 13.4. The van der Waals surface area contributed by atoms with Gasteiger partial charge in [-0.05, 0) is 48.7 Å². The molecule has 0 saturated heterocycles. The molecule has 2 aromatic carbocycles. The summed E-state index contributed by atoms with van der Waals surface area (Å²) in [5.74, 6) is 0.349. The lowest BCUT2D eigenvalue weighted by molar-refractivity contribution is -0.121. The molecule has 0 unspecified atom stereocenters. The first-order valence-electron chi connectivity index (χ1n) is 8.98. The number of methoxy groups -OCH3 is 1. The van der Waals surface area contributed by atoms with E-state index in [4.69, 9.17) is 4.74 Å². The first-order valence-corrected chi connectivity index (χ1v) is 9.77. The van der Waals surface area contributed by atoms with Gasteiger partial charge in [-0.1, -0.05) is 40.9 Å². The van der Waals surface area contributed by atoms with E-state index in [0.717, 1.165) is 35.7 Å². The van der Waals surface area contributed by atoms with Gasteiger partial charge in [-0.3, -0.25) is 9.59 Å². The van der Waals surface area contributed by atoms with E-state index in [-0.39, 0.29) is 11.8 Å². The molecule has 6 heteroatoms. The Hall–Kier alpha value is -2.34. The molecular formula is C21H23BrN2O3. The average molecular weight is 431 g/mol. The Labute approximate surface area is 167 Å². The standard InChI is InChI=1S/C21H23BrN2O3/c1-14(25)23-17-9-10-19(27-2)18(13-17)24-20(26)21(11-3-4-12-21)15-5-7-16(22)8-6-15/h5-10,13H,3-4,11-12H2,1-2H3,(H,23,25)(H,24,26). The molecule has 2 aromatic rings. The van der Waals surface area contributed by atoms with E-state index in [2.05, 4.69) is 26.6 Å². The second-order valence-corrected chi connectivity index (χ2v) is 7.76. The van der Waals surface area contributed by atoms with Crippen LogP contribution in [-0.4, -0.2) is 18.9 Å². The fourth-order valence-electron chi connectivity index (χ4n) is 3.72. The Morgan fingerprint density at radius 2 is 1.70 bits per heavy atom. The smallest absolute Gasteiger partial charge is 0.235 e. The van der Waals surface area contributed by atoms with Crippen LogP contribution in [0.1, 0.15) is 38.2 Å². The number of anilines is 2. The van der Waals surface area contributed by atoms with Gasteiger partial charge in [0.15, 0.2) is 0 Å². The summed E-state index contributed by atoms with van der Waals surface area (Å²) < 4.78 is 6.38. The van der Waals surface area contributed by atoms with Gasteiger partial charge in [-0.15, -0.1) is 0 Å². The number of halogens is 1. The summed E-state index contributed by atoms with van der Waals surface area (Å²) in [4.78, 5) is 24.7. The largest absolute Gasteiger partial charge is 0.495 e. The summed E-state index contributed by atoms with van der Waals surface area (Å²) in [6, 6.07) is 13.2. The number of benzene rings is 2. The average Bonchev–Trinajstić information content (AvgIpc) is 3.13.